The number of aromatic nitrogens is 3. The van der Waals surface area contributed by atoms with E-state index in [9.17, 15) is 9.59 Å². The lowest BCUT2D eigenvalue weighted by atomic mass is 10.1. The van der Waals surface area contributed by atoms with Gasteiger partial charge in [-0.1, -0.05) is 26.0 Å². The van der Waals surface area contributed by atoms with Crippen LogP contribution in [0.1, 0.15) is 50.3 Å². The predicted octanol–water partition coefficient (Wildman–Crippen LogP) is 1.18. The average Bonchev–Trinajstić information content (AvgIpc) is 2.79. The molecule has 0 aliphatic rings. The summed E-state index contributed by atoms with van der Waals surface area (Å²) < 4.78 is 6.46. The summed E-state index contributed by atoms with van der Waals surface area (Å²) in [7, 11) is 0. The number of ether oxygens (including phenoxy) is 1. The molecule has 0 aliphatic carbocycles. The second kappa shape index (κ2) is 8.39. The third-order valence-electron chi connectivity index (χ3n) is 2.77. The molecule has 1 aromatic heterocycles. The first-order valence-electron chi connectivity index (χ1n) is 7.35. The smallest absolute Gasteiger partial charge is 0.360 e. The van der Waals surface area contributed by atoms with Crippen LogP contribution in [-0.4, -0.2) is 40.0 Å². The molecule has 0 radical (unpaired) electrons. The van der Waals surface area contributed by atoms with Crippen LogP contribution in [0.5, 0.6) is 0 Å². The van der Waals surface area contributed by atoms with Crippen LogP contribution in [0, 0.1) is 5.92 Å². The molecule has 21 heavy (non-hydrogen) atoms. The summed E-state index contributed by atoms with van der Waals surface area (Å²) in [5, 5.41) is 10.6. The molecule has 7 nitrogen and oxygen atoms in total. The molecular formula is C14H24N4O3. The Morgan fingerprint density at radius 2 is 2.05 bits per heavy atom. The zero-order chi connectivity index (χ0) is 15.8. The highest BCUT2D eigenvalue weighted by atomic mass is 16.5. The van der Waals surface area contributed by atoms with Crippen LogP contribution < -0.4 is 5.32 Å². The van der Waals surface area contributed by atoms with E-state index in [1.54, 1.807) is 6.92 Å². The highest BCUT2D eigenvalue weighted by Gasteiger charge is 2.22. The first-order chi connectivity index (χ1) is 9.99. The molecular weight excluding hydrogens is 272 g/mol. The molecule has 1 aromatic rings. The highest BCUT2D eigenvalue weighted by molar-refractivity contribution is 5.88. The second-order valence-corrected chi connectivity index (χ2v) is 5.21. The molecule has 1 rings (SSSR count). The Bertz CT molecular complexity index is 483. The number of hydrogen-bond donors (Lipinski definition) is 1. The number of hydrogen-bond acceptors (Lipinski definition) is 5. The largest absolute Gasteiger partial charge is 0.461 e. The first kappa shape index (κ1) is 17.1. The van der Waals surface area contributed by atoms with E-state index >= 15 is 0 Å². The Morgan fingerprint density at radius 1 is 1.33 bits per heavy atom. The van der Waals surface area contributed by atoms with Gasteiger partial charge in [-0.05, 0) is 25.7 Å². The topological polar surface area (TPSA) is 86.1 Å². The van der Waals surface area contributed by atoms with Crippen molar-refractivity contribution >= 4 is 11.9 Å². The van der Waals surface area contributed by atoms with E-state index in [2.05, 4.69) is 15.6 Å². The SMILES string of the molecule is CCCNC(=O)Cn1nnc(C(=O)OCC)c1CC(C)C. The zero-order valence-corrected chi connectivity index (χ0v) is 13.2. The number of carbonyl (C=O) groups is 2. The van der Waals surface area contributed by atoms with Gasteiger partial charge in [0.1, 0.15) is 6.54 Å². The van der Waals surface area contributed by atoms with Crippen molar-refractivity contribution in [3.8, 4) is 0 Å². The second-order valence-electron chi connectivity index (χ2n) is 5.21. The van der Waals surface area contributed by atoms with E-state index in [4.69, 9.17) is 4.74 Å². The molecule has 0 unspecified atom stereocenters. The van der Waals surface area contributed by atoms with Crippen molar-refractivity contribution in [1.29, 1.82) is 0 Å². The maximum Gasteiger partial charge on any atom is 0.360 e. The number of rotatable bonds is 8. The maximum absolute atomic E-state index is 11.9. The molecule has 0 bridgehead atoms. The monoisotopic (exact) mass is 296 g/mol. The van der Waals surface area contributed by atoms with Gasteiger partial charge in [-0.15, -0.1) is 5.10 Å². The van der Waals surface area contributed by atoms with Gasteiger partial charge in [-0.3, -0.25) is 4.79 Å². The normalized spacial score (nSPS) is 10.7. The number of carbonyl (C=O) groups excluding carboxylic acids is 2. The number of esters is 1. The molecule has 1 heterocycles. The van der Waals surface area contributed by atoms with E-state index in [-0.39, 0.29) is 24.8 Å². The van der Waals surface area contributed by atoms with Crippen LogP contribution in [0.15, 0.2) is 0 Å². The van der Waals surface area contributed by atoms with Gasteiger partial charge in [0.2, 0.25) is 5.91 Å². The molecule has 0 aromatic carbocycles. The number of nitrogens with one attached hydrogen (secondary N) is 1. The van der Waals surface area contributed by atoms with Crippen molar-refractivity contribution in [1.82, 2.24) is 20.3 Å². The van der Waals surface area contributed by atoms with Crippen molar-refractivity contribution in [2.75, 3.05) is 13.2 Å². The van der Waals surface area contributed by atoms with Gasteiger partial charge in [0.05, 0.1) is 12.3 Å². The molecule has 7 heteroatoms. The van der Waals surface area contributed by atoms with Crippen LogP contribution >= 0.6 is 0 Å². The van der Waals surface area contributed by atoms with Crippen molar-refractivity contribution in [2.45, 2.75) is 47.1 Å². The number of amides is 1. The predicted molar refractivity (Wildman–Crippen MR) is 77.8 cm³/mol. The fraction of sp³-hybridized carbons (Fsp3) is 0.714. The van der Waals surface area contributed by atoms with E-state index in [1.165, 1.54) is 4.68 Å². The average molecular weight is 296 g/mol. The lowest BCUT2D eigenvalue weighted by Gasteiger charge is -2.10. The van der Waals surface area contributed by atoms with Gasteiger partial charge in [-0.25, -0.2) is 9.48 Å². The van der Waals surface area contributed by atoms with Gasteiger partial charge in [-0.2, -0.15) is 0 Å². The van der Waals surface area contributed by atoms with E-state index in [0.29, 0.717) is 24.6 Å². The Balaban J connectivity index is 2.92. The minimum Gasteiger partial charge on any atom is -0.461 e. The van der Waals surface area contributed by atoms with Gasteiger partial charge < -0.3 is 10.1 Å². The third kappa shape index (κ3) is 5.17. The summed E-state index contributed by atoms with van der Waals surface area (Å²) in [6.45, 7) is 8.75. The Kier molecular flexibility index (Phi) is 6.84. The van der Waals surface area contributed by atoms with Crippen molar-refractivity contribution in [3.63, 3.8) is 0 Å². The molecule has 0 fully saturated rings. The van der Waals surface area contributed by atoms with Crippen LogP contribution in [0.4, 0.5) is 0 Å². The van der Waals surface area contributed by atoms with Crippen LogP contribution in [0.2, 0.25) is 0 Å². The van der Waals surface area contributed by atoms with Crippen molar-refractivity contribution in [3.05, 3.63) is 11.4 Å². The molecule has 0 atom stereocenters. The van der Waals surface area contributed by atoms with Crippen molar-refractivity contribution < 1.29 is 14.3 Å². The summed E-state index contributed by atoms with van der Waals surface area (Å²) in [5.41, 5.74) is 0.851. The Hall–Kier alpha value is -1.92. The third-order valence-corrected chi connectivity index (χ3v) is 2.77. The standard InChI is InChI=1S/C14H24N4O3/c1-5-7-15-12(19)9-18-11(8-10(3)4)13(16-17-18)14(20)21-6-2/h10H,5-9H2,1-4H3,(H,15,19). The van der Waals surface area contributed by atoms with Crippen molar-refractivity contribution in [2.24, 2.45) is 5.92 Å². The lowest BCUT2D eigenvalue weighted by molar-refractivity contribution is -0.121. The van der Waals surface area contributed by atoms with E-state index < -0.39 is 5.97 Å². The summed E-state index contributed by atoms with van der Waals surface area (Å²) in [4.78, 5) is 23.7. The fourth-order valence-electron chi connectivity index (χ4n) is 1.86. The minimum atomic E-state index is -0.492. The molecule has 1 amide bonds. The summed E-state index contributed by atoms with van der Waals surface area (Å²) in [6.07, 6.45) is 1.48. The van der Waals surface area contributed by atoms with Gasteiger partial charge >= 0.3 is 5.97 Å². The molecule has 0 spiro atoms. The minimum absolute atomic E-state index is 0.0639. The summed E-state index contributed by atoms with van der Waals surface area (Å²) in [6, 6.07) is 0. The fourth-order valence-corrected chi connectivity index (χ4v) is 1.86. The van der Waals surface area contributed by atoms with E-state index in [0.717, 1.165) is 6.42 Å². The highest BCUT2D eigenvalue weighted by Crippen LogP contribution is 2.13. The Morgan fingerprint density at radius 3 is 2.62 bits per heavy atom. The molecule has 1 N–H and O–H groups in total. The first-order valence-corrected chi connectivity index (χ1v) is 7.35. The lowest BCUT2D eigenvalue weighted by Crippen LogP contribution is -2.29. The maximum atomic E-state index is 11.9. The summed E-state index contributed by atoms with van der Waals surface area (Å²) >= 11 is 0. The van der Waals surface area contributed by atoms with E-state index in [1.807, 2.05) is 20.8 Å². The molecule has 118 valence electrons. The number of nitrogens with zero attached hydrogens (tertiary/aromatic N) is 3. The van der Waals surface area contributed by atoms with Crippen LogP contribution in [-0.2, 0) is 22.5 Å². The molecule has 0 aliphatic heterocycles. The molecule has 0 saturated carbocycles. The Labute approximate surface area is 125 Å². The van der Waals surface area contributed by atoms with Crippen LogP contribution in [0.3, 0.4) is 0 Å². The summed E-state index contributed by atoms with van der Waals surface area (Å²) in [5.74, 6) is -0.315. The zero-order valence-electron chi connectivity index (χ0n) is 13.2. The van der Waals surface area contributed by atoms with Gasteiger partial charge in [0, 0.05) is 6.54 Å². The van der Waals surface area contributed by atoms with Gasteiger partial charge in [0.15, 0.2) is 5.69 Å². The molecule has 0 saturated heterocycles. The van der Waals surface area contributed by atoms with Crippen LogP contribution in [0.25, 0.3) is 0 Å². The van der Waals surface area contributed by atoms with Gasteiger partial charge in [0.25, 0.3) is 0 Å². The quantitative estimate of drug-likeness (QED) is 0.728.